The fourth-order valence-electron chi connectivity index (χ4n) is 2.45. The molecule has 5 heteroatoms. The SMILES string of the molecule is CCCCOc1cc(N2CCOCC2)c(OCCCC)cc1Cl. The largest absolute Gasteiger partial charge is 0.492 e. The third kappa shape index (κ3) is 5.47. The minimum atomic E-state index is 0.615. The Morgan fingerprint density at radius 3 is 2.22 bits per heavy atom. The molecule has 1 aliphatic rings. The molecule has 130 valence electrons. The Balaban J connectivity index is 2.18. The van der Waals surface area contributed by atoms with E-state index in [1.54, 1.807) is 0 Å². The fraction of sp³-hybridized carbons (Fsp3) is 0.667. The quantitative estimate of drug-likeness (QED) is 0.617. The molecule has 0 spiro atoms. The van der Waals surface area contributed by atoms with Gasteiger partial charge in [0.15, 0.2) is 0 Å². The molecule has 1 fully saturated rings. The molecular formula is C18H28ClNO3. The summed E-state index contributed by atoms with van der Waals surface area (Å²) in [5, 5.41) is 0.615. The van der Waals surface area contributed by atoms with Crippen LogP contribution in [0.5, 0.6) is 11.5 Å². The van der Waals surface area contributed by atoms with Crippen molar-refractivity contribution in [2.45, 2.75) is 39.5 Å². The summed E-state index contributed by atoms with van der Waals surface area (Å²) in [6.45, 7) is 8.90. The molecule has 1 aromatic rings. The van der Waals surface area contributed by atoms with Crippen molar-refractivity contribution in [1.82, 2.24) is 0 Å². The van der Waals surface area contributed by atoms with Gasteiger partial charge in [-0.1, -0.05) is 38.3 Å². The van der Waals surface area contributed by atoms with Gasteiger partial charge in [0.2, 0.25) is 0 Å². The summed E-state index contributed by atoms with van der Waals surface area (Å²) < 4.78 is 17.3. The van der Waals surface area contributed by atoms with E-state index in [-0.39, 0.29) is 0 Å². The zero-order valence-electron chi connectivity index (χ0n) is 14.3. The van der Waals surface area contributed by atoms with Crippen molar-refractivity contribution >= 4 is 17.3 Å². The summed E-state index contributed by atoms with van der Waals surface area (Å²) in [6, 6.07) is 3.91. The summed E-state index contributed by atoms with van der Waals surface area (Å²) in [7, 11) is 0. The maximum absolute atomic E-state index is 6.38. The van der Waals surface area contributed by atoms with Crippen LogP contribution in [0.3, 0.4) is 0 Å². The van der Waals surface area contributed by atoms with Gasteiger partial charge in [0.25, 0.3) is 0 Å². The molecule has 1 saturated heterocycles. The Morgan fingerprint density at radius 1 is 1.00 bits per heavy atom. The molecule has 1 aliphatic heterocycles. The van der Waals surface area contributed by atoms with Gasteiger partial charge in [-0.05, 0) is 12.8 Å². The van der Waals surface area contributed by atoms with E-state index >= 15 is 0 Å². The van der Waals surface area contributed by atoms with Crippen LogP contribution < -0.4 is 14.4 Å². The Bertz CT molecular complexity index is 476. The van der Waals surface area contributed by atoms with Gasteiger partial charge < -0.3 is 19.1 Å². The van der Waals surface area contributed by atoms with Crippen molar-refractivity contribution in [3.8, 4) is 11.5 Å². The first-order valence-corrected chi connectivity index (χ1v) is 9.05. The number of benzene rings is 1. The molecule has 0 radical (unpaired) electrons. The molecular weight excluding hydrogens is 314 g/mol. The molecule has 0 atom stereocenters. The lowest BCUT2D eigenvalue weighted by Gasteiger charge is -2.30. The zero-order valence-corrected chi connectivity index (χ0v) is 15.0. The van der Waals surface area contributed by atoms with E-state index in [0.29, 0.717) is 18.2 Å². The van der Waals surface area contributed by atoms with Gasteiger partial charge in [-0.2, -0.15) is 0 Å². The van der Waals surface area contributed by atoms with Crippen LogP contribution >= 0.6 is 11.6 Å². The normalized spacial score (nSPS) is 14.8. The molecule has 0 saturated carbocycles. The number of morpholine rings is 1. The van der Waals surface area contributed by atoms with Crippen LogP contribution in [-0.4, -0.2) is 39.5 Å². The van der Waals surface area contributed by atoms with Crippen molar-refractivity contribution in [2.24, 2.45) is 0 Å². The minimum Gasteiger partial charge on any atom is -0.492 e. The van der Waals surface area contributed by atoms with Crippen LogP contribution in [-0.2, 0) is 4.74 Å². The molecule has 4 nitrogen and oxygen atoms in total. The lowest BCUT2D eigenvalue weighted by atomic mass is 10.2. The second-order valence-corrected chi connectivity index (χ2v) is 6.16. The molecule has 0 aliphatic carbocycles. The van der Waals surface area contributed by atoms with Crippen LogP contribution in [0.1, 0.15) is 39.5 Å². The number of nitrogens with zero attached hydrogens (tertiary/aromatic N) is 1. The predicted octanol–water partition coefficient (Wildman–Crippen LogP) is 4.53. The van der Waals surface area contributed by atoms with Crippen molar-refractivity contribution in [3.05, 3.63) is 17.2 Å². The van der Waals surface area contributed by atoms with Crippen molar-refractivity contribution in [1.29, 1.82) is 0 Å². The molecule has 23 heavy (non-hydrogen) atoms. The number of anilines is 1. The molecule has 0 N–H and O–H groups in total. The first kappa shape index (κ1) is 18.2. The summed E-state index contributed by atoms with van der Waals surface area (Å²) in [6.07, 6.45) is 4.28. The second kappa shape index (κ2) is 9.89. The molecule has 1 aromatic carbocycles. The van der Waals surface area contributed by atoms with Crippen molar-refractivity contribution in [3.63, 3.8) is 0 Å². The fourth-order valence-corrected chi connectivity index (χ4v) is 2.66. The first-order chi connectivity index (χ1) is 11.3. The van der Waals surface area contributed by atoms with E-state index in [1.165, 1.54) is 0 Å². The van der Waals surface area contributed by atoms with Gasteiger partial charge in [-0.15, -0.1) is 0 Å². The molecule has 0 aromatic heterocycles. The highest BCUT2D eigenvalue weighted by Crippen LogP contribution is 2.39. The highest BCUT2D eigenvalue weighted by Gasteiger charge is 2.19. The lowest BCUT2D eigenvalue weighted by Crippen LogP contribution is -2.36. The van der Waals surface area contributed by atoms with Crippen LogP contribution in [0.15, 0.2) is 12.1 Å². The van der Waals surface area contributed by atoms with E-state index in [9.17, 15) is 0 Å². The van der Waals surface area contributed by atoms with E-state index < -0.39 is 0 Å². The van der Waals surface area contributed by atoms with Crippen molar-refractivity contribution in [2.75, 3.05) is 44.4 Å². The molecule has 0 amide bonds. The number of unbranched alkanes of at least 4 members (excludes halogenated alkanes) is 2. The number of rotatable bonds is 9. The van der Waals surface area contributed by atoms with Crippen molar-refractivity contribution < 1.29 is 14.2 Å². The Labute approximate surface area is 144 Å². The van der Waals surface area contributed by atoms with E-state index in [1.807, 2.05) is 12.1 Å². The van der Waals surface area contributed by atoms with E-state index in [2.05, 4.69) is 18.7 Å². The summed E-state index contributed by atoms with van der Waals surface area (Å²) in [5.41, 5.74) is 1.06. The average Bonchev–Trinajstić information content (AvgIpc) is 2.58. The van der Waals surface area contributed by atoms with Crippen LogP contribution in [0.2, 0.25) is 5.02 Å². The summed E-state index contributed by atoms with van der Waals surface area (Å²) >= 11 is 6.38. The summed E-state index contributed by atoms with van der Waals surface area (Å²) in [4.78, 5) is 2.29. The Kier molecular flexibility index (Phi) is 7.83. The highest BCUT2D eigenvalue weighted by atomic mass is 35.5. The number of hydrogen-bond acceptors (Lipinski definition) is 4. The van der Waals surface area contributed by atoms with Gasteiger partial charge in [-0.3, -0.25) is 0 Å². The predicted molar refractivity (Wildman–Crippen MR) is 95.3 cm³/mol. The first-order valence-electron chi connectivity index (χ1n) is 8.68. The van der Waals surface area contributed by atoms with Gasteiger partial charge in [0, 0.05) is 25.2 Å². The van der Waals surface area contributed by atoms with Crippen LogP contribution in [0, 0.1) is 0 Å². The van der Waals surface area contributed by atoms with E-state index in [4.69, 9.17) is 25.8 Å². The molecule has 2 rings (SSSR count). The maximum Gasteiger partial charge on any atom is 0.144 e. The number of halogens is 1. The monoisotopic (exact) mass is 341 g/mol. The second-order valence-electron chi connectivity index (χ2n) is 5.75. The summed E-state index contributed by atoms with van der Waals surface area (Å²) in [5.74, 6) is 1.58. The van der Waals surface area contributed by atoms with E-state index in [0.717, 1.165) is 69.2 Å². The molecule has 0 unspecified atom stereocenters. The Morgan fingerprint density at radius 2 is 1.61 bits per heavy atom. The topological polar surface area (TPSA) is 30.9 Å². The zero-order chi connectivity index (χ0) is 16.5. The van der Waals surface area contributed by atoms with Gasteiger partial charge >= 0.3 is 0 Å². The minimum absolute atomic E-state index is 0.615. The number of hydrogen-bond donors (Lipinski definition) is 0. The van der Waals surface area contributed by atoms with Gasteiger partial charge in [-0.25, -0.2) is 0 Å². The number of ether oxygens (including phenoxy) is 3. The maximum atomic E-state index is 6.38. The smallest absolute Gasteiger partial charge is 0.144 e. The lowest BCUT2D eigenvalue weighted by molar-refractivity contribution is 0.122. The van der Waals surface area contributed by atoms with Gasteiger partial charge in [0.05, 0.1) is 37.1 Å². The third-order valence-electron chi connectivity index (χ3n) is 3.88. The average molecular weight is 342 g/mol. The standard InChI is InChI=1S/C18H28ClNO3/c1-3-5-9-22-17-14-16(20-7-11-21-12-8-20)18(13-15(17)19)23-10-6-4-2/h13-14H,3-12H2,1-2H3. The van der Waals surface area contributed by atoms with Gasteiger partial charge in [0.1, 0.15) is 11.5 Å². The molecule has 1 heterocycles. The Hall–Kier alpha value is -1.13. The van der Waals surface area contributed by atoms with Crippen LogP contribution in [0.4, 0.5) is 5.69 Å². The molecule has 0 bridgehead atoms. The third-order valence-corrected chi connectivity index (χ3v) is 4.17. The highest BCUT2D eigenvalue weighted by molar-refractivity contribution is 6.32. The van der Waals surface area contributed by atoms with Crippen LogP contribution in [0.25, 0.3) is 0 Å².